The normalized spacial score (nSPS) is 10.6. The molecule has 0 unspecified atom stereocenters. The number of para-hydroxylation sites is 1. The zero-order valence-corrected chi connectivity index (χ0v) is 20.3. The van der Waals surface area contributed by atoms with Crippen LogP contribution in [0, 0.1) is 20.8 Å². The predicted octanol–water partition coefficient (Wildman–Crippen LogP) is 4.37. The Balaban J connectivity index is 1.56. The van der Waals surface area contributed by atoms with E-state index < -0.39 is 11.8 Å². The standard InChI is InChI=1S/C26H25ClN4O4/c1-16-11-17(2)24(18(3)12-16)30-23(32)15-35-22-10-5-4-7-19(22)14-28-31-26(34)25(33)29-21-9-6-8-20(27)13-21/h4-14H,15H2,1-3H3,(H,29,33)(H,30,32)(H,31,34)/b28-14-. The maximum Gasteiger partial charge on any atom is 0.329 e. The summed E-state index contributed by atoms with van der Waals surface area (Å²) in [6.07, 6.45) is 1.33. The minimum absolute atomic E-state index is 0.216. The number of benzene rings is 3. The number of hydrogen-bond acceptors (Lipinski definition) is 5. The third kappa shape index (κ3) is 7.41. The highest BCUT2D eigenvalue weighted by Gasteiger charge is 2.13. The van der Waals surface area contributed by atoms with Crippen molar-refractivity contribution in [2.45, 2.75) is 20.8 Å². The number of hydrazone groups is 1. The van der Waals surface area contributed by atoms with Crippen molar-refractivity contribution in [1.82, 2.24) is 5.43 Å². The maximum atomic E-state index is 12.5. The Bertz CT molecular complexity index is 1270. The van der Waals surface area contributed by atoms with Crippen LogP contribution in [-0.2, 0) is 14.4 Å². The Kier molecular flexibility index (Phi) is 8.58. The smallest absolute Gasteiger partial charge is 0.329 e. The minimum atomic E-state index is -0.956. The number of nitrogens with one attached hydrogen (secondary N) is 3. The molecular weight excluding hydrogens is 468 g/mol. The largest absolute Gasteiger partial charge is 0.483 e. The summed E-state index contributed by atoms with van der Waals surface area (Å²) < 4.78 is 5.66. The fourth-order valence-corrected chi connectivity index (χ4v) is 3.57. The molecule has 180 valence electrons. The average molecular weight is 493 g/mol. The van der Waals surface area contributed by atoms with E-state index >= 15 is 0 Å². The fourth-order valence-electron chi connectivity index (χ4n) is 3.38. The number of ether oxygens (including phenoxy) is 1. The van der Waals surface area contributed by atoms with Crippen molar-refractivity contribution >= 4 is 46.9 Å². The van der Waals surface area contributed by atoms with Crippen molar-refractivity contribution in [2.75, 3.05) is 17.2 Å². The minimum Gasteiger partial charge on any atom is -0.483 e. The summed E-state index contributed by atoms with van der Waals surface area (Å²) in [6, 6.07) is 17.3. The molecule has 3 N–H and O–H groups in total. The summed E-state index contributed by atoms with van der Waals surface area (Å²) in [5.41, 5.74) is 6.88. The van der Waals surface area contributed by atoms with Gasteiger partial charge >= 0.3 is 11.8 Å². The zero-order chi connectivity index (χ0) is 25.4. The molecule has 0 aromatic heterocycles. The third-order valence-corrected chi connectivity index (χ3v) is 5.11. The van der Waals surface area contributed by atoms with E-state index in [-0.39, 0.29) is 12.5 Å². The lowest BCUT2D eigenvalue weighted by Crippen LogP contribution is -2.32. The molecule has 0 radical (unpaired) electrons. The molecule has 35 heavy (non-hydrogen) atoms. The van der Waals surface area contributed by atoms with E-state index in [9.17, 15) is 14.4 Å². The van der Waals surface area contributed by atoms with Crippen LogP contribution >= 0.6 is 11.6 Å². The zero-order valence-electron chi connectivity index (χ0n) is 19.5. The number of rotatable bonds is 7. The number of hydrogen-bond donors (Lipinski definition) is 3. The van der Waals surface area contributed by atoms with Gasteiger partial charge < -0.3 is 15.4 Å². The predicted molar refractivity (Wildman–Crippen MR) is 137 cm³/mol. The van der Waals surface area contributed by atoms with E-state index in [0.717, 1.165) is 22.4 Å². The van der Waals surface area contributed by atoms with E-state index in [1.54, 1.807) is 42.5 Å². The van der Waals surface area contributed by atoms with Gasteiger partial charge in [-0.2, -0.15) is 5.10 Å². The molecule has 0 bridgehead atoms. The lowest BCUT2D eigenvalue weighted by molar-refractivity contribution is -0.136. The number of carbonyl (C=O) groups excluding carboxylic acids is 3. The molecule has 3 aromatic rings. The maximum absolute atomic E-state index is 12.5. The Hall–Kier alpha value is -4.17. The molecule has 3 amide bonds. The lowest BCUT2D eigenvalue weighted by atomic mass is 10.1. The lowest BCUT2D eigenvalue weighted by Gasteiger charge is -2.14. The van der Waals surface area contributed by atoms with E-state index in [2.05, 4.69) is 21.2 Å². The molecular formula is C26H25ClN4O4. The van der Waals surface area contributed by atoms with Gasteiger partial charge in [-0.3, -0.25) is 14.4 Å². The summed E-state index contributed by atoms with van der Waals surface area (Å²) in [4.78, 5) is 36.5. The highest BCUT2D eigenvalue weighted by Crippen LogP contribution is 2.22. The van der Waals surface area contributed by atoms with E-state index in [0.29, 0.717) is 22.0 Å². The van der Waals surface area contributed by atoms with Gasteiger partial charge in [-0.1, -0.05) is 47.5 Å². The first kappa shape index (κ1) is 25.5. The molecule has 0 atom stereocenters. The summed E-state index contributed by atoms with van der Waals surface area (Å²) in [6.45, 7) is 5.66. The van der Waals surface area contributed by atoms with Crippen LogP contribution in [0.4, 0.5) is 11.4 Å². The van der Waals surface area contributed by atoms with Crippen LogP contribution in [0.25, 0.3) is 0 Å². The summed E-state index contributed by atoms with van der Waals surface area (Å²) in [5, 5.41) is 9.55. The second-order valence-corrected chi connectivity index (χ2v) is 8.25. The van der Waals surface area contributed by atoms with Gasteiger partial charge in [0.2, 0.25) is 0 Å². The van der Waals surface area contributed by atoms with Gasteiger partial charge in [0.25, 0.3) is 5.91 Å². The highest BCUT2D eigenvalue weighted by atomic mass is 35.5. The Morgan fingerprint density at radius 3 is 2.34 bits per heavy atom. The first-order valence-corrected chi connectivity index (χ1v) is 11.1. The summed E-state index contributed by atoms with van der Waals surface area (Å²) in [7, 11) is 0. The molecule has 0 fully saturated rings. The van der Waals surface area contributed by atoms with E-state index in [1.807, 2.05) is 32.9 Å². The van der Waals surface area contributed by atoms with Gasteiger partial charge in [0, 0.05) is 22.0 Å². The molecule has 0 spiro atoms. The number of nitrogens with zero attached hydrogens (tertiary/aromatic N) is 1. The Morgan fingerprint density at radius 1 is 0.914 bits per heavy atom. The first-order chi connectivity index (χ1) is 16.7. The van der Waals surface area contributed by atoms with Gasteiger partial charge in [0.05, 0.1) is 6.21 Å². The Labute approximate surface area is 208 Å². The number of carbonyl (C=O) groups is 3. The van der Waals surface area contributed by atoms with Crippen LogP contribution in [-0.4, -0.2) is 30.5 Å². The molecule has 8 nitrogen and oxygen atoms in total. The van der Waals surface area contributed by atoms with Crippen molar-refractivity contribution in [2.24, 2.45) is 5.10 Å². The monoisotopic (exact) mass is 492 g/mol. The van der Waals surface area contributed by atoms with Crippen LogP contribution in [0.3, 0.4) is 0 Å². The van der Waals surface area contributed by atoms with Gasteiger partial charge in [0.1, 0.15) is 5.75 Å². The van der Waals surface area contributed by atoms with E-state index in [4.69, 9.17) is 16.3 Å². The molecule has 0 aliphatic rings. The van der Waals surface area contributed by atoms with E-state index in [1.165, 1.54) is 12.3 Å². The number of halogens is 1. The van der Waals surface area contributed by atoms with Crippen molar-refractivity contribution in [1.29, 1.82) is 0 Å². The number of amides is 3. The van der Waals surface area contributed by atoms with Crippen molar-refractivity contribution < 1.29 is 19.1 Å². The molecule has 0 heterocycles. The van der Waals surface area contributed by atoms with Crippen LogP contribution in [0.15, 0.2) is 65.8 Å². The fraction of sp³-hybridized carbons (Fsp3) is 0.154. The SMILES string of the molecule is Cc1cc(C)c(NC(=O)COc2ccccc2/C=N\NC(=O)C(=O)Nc2cccc(Cl)c2)c(C)c1. The quantitative estimate of drug-likeness (QED) is 0.258. The van der Waals surface area contributed by atoms with Crippen LogP contribution < -0.4 is 20.8 Å². The Morgan fingerprint density at radius 2 is 1.63 bits per heavy atom. The third-order valence-electron chi connectivity index (χ3n) is 4.88. The van der Waals surface area contributed by atoms with Gasteiger partial charge in [-0.25, -0.2) is 5.43 Å². The van der Waals surface area contributed by atoms with Gasteiger partial charge in [0.15, 0.2) is 6.61 Å². The molecule has 3 rings (SSSR count). The van der Waals surface area contributed by atoms with Gasteiger partial charge in [-0.05, 0) is 62.2 Å². The molecule has 0 saturated heterocycles. The van der Waals surface area contributed by atoms with Crippen LogP contribution in [0.1, 0.15) is 22.3 Å². The second kappa shape index (κ2) is 11.8. The molecule has 0 aliphatic heterocycles. The summed E-state index contributed by atoms with van der Waals surface area (Å²) >= 11 is 5.87. The van der Waals surface area contributed by atoms with Crippen molar-refractivity contribution in [3.05, 3.63) is 87.9 Å². The molecule has 9 heteroatoms. The highest BCUT2D eigenvalue weighted by molar-refractivity contribution is 6.39. The molecule has 0 aliphatic carbocycles. The van der Waals surface area contributed by atoms with Crippen molar-refractivity contribution in [3.8, 4) is 5.75 Å². The number of anilines is 2. The molecule has 3 aromatic carbocycles. The summed E-state index contributed by atoms with van der Waals surface area (Å²) in [5.74, 6) is -1.77. The number of aryl methyl sites for hydroxylation is 3. The topological polar surface area (TPSA) is 109 Å². The van der Waals surface area contributed by atoms with Crippen molar-refractivity contribution in [3.63, 3.8) is 0 Å². The van der Waals surface area contributed by atoms with Crippen LogP contribution in [0.5, 0.6) is 5.75 Å². The molecule has 0 saturated carbocycles. The van der Waals surface area contributed by atoms with Gasteiger partial charge in [-0.15, -0.1) is 0 Å². The average Bonchev–Trinajstić information content (AvgIpc) is 2.80. The van der Waals surface area contributed by atoms with Crippen LogP contribution in [0.2, 0.25) is 5.02 Å². The second-order valence-electron chi connectivity index (χ2n) is 7.81. The first-order valence-electron chi connectivity index (χ1n) is 10.7.